The highest BCUT2D eigenvalue weighted by molar-refractivity contribution is 5.99. The molecule has 4 aromatic rings. The molecule has 1 heterocycles. The SMILES string of the molecule is Cc1ccc(-n2nc3cc(C)c(NC(=O)C(C)(C)Oc4ccccc4)cc3n2)cc1. The number of aryl methyl sites for hydroxylation is 2. The molecule has 0 aliphatic carbocycles. The topological polar surface area (TPSA) is 69.0 Å². The summed E-state index contributed by atoms with van der Waals surface area (Å²) in [6, 6.07) is 21.1. The van der Waals surface area contributed by atoms with Gasteiger partial charge in [-0.05, 0) is 69.7 Å². The number of carbonyl (C=O) groups is 1. The van der Waals surface area contributed by atoms with Crippen molar-refractivity contribution in [2.75, 3.05) is 5.32 Å². The van der Waals surface area contributed by atoms with Gasteiger partial charge < -0.3 is 10.1 Å². The van der Waals surface area contributed by atoms with Crippen LogP contribution >= 0.6 is 0 Å². The van der Waals surface area contributed by atoms with E-state index in [2.05, 4.69) is 15.5 Å². The van der Waals surface area contributed by atoms with Crippen LogP contribution in [0.4, 0.5) is 5.69 Å². The molecule has 3 aromatic carbocycles. The summed E-state index contributed by atoms with van der Waals surface area (Å²) in [6.07, 6.45) is 0. The number of rotatable bonds is 5. The molecule has 6 nitrogen and oxygen atoms in total. The Hall–Kier alpha value is -3.67. The average molecular weight is 400 g/mol. The van der Waals surface area contributed by atoms with Crippen molar-refractivity contribution in [2.24, 2.45) is 0 Å². The third kappa shape index (κ3) is 4.03. The van der Waals surface area contributed by atoms with Crippen LogP contribution in [0.1, 0.15) is 25.0 Å². The van der Waals surface area contributed by atoms with E-state index in [1.165, 1.54) is 5.56 Å². The number of anilines is 1. The molecule has 0 saturated heterocycles. The number of benzene rings is 3. The summed E-state index contributed by atoms with van der Waals surface area (Å²) >= 11 is 0. The van der Waals surface area contributed by atoms with Crippen molar-refractivity contribution in [2.45, 2.75) is 33.3 Å². The number of nitrogens with zero attached hydrogens (tertiary/aromatic N) is 3. The highest BCUT2D eigenvalue weighted by atomic mass is 16.5. The second-order valence-corrected chi connectivity index (χ2v) is 7.86. The van der Waals surface area contributed by atoms with E-state index in [0.29, 0.717) is 17.0 Å². The molecule has 30 heavy (non-hydrogen) atoms. The van der Waals surface area contributed by atoms with Gasteiger partial charge in [0.15, 0.2) is 5.60 Å². The zero-order valence-corrected chi connectivity index (χ0v) is 17.5. The molecule has 0 atom stereocenters. The van der Waals surface area contributed by atoms with Crippen molar-refractivity contribution < 1.29 is 9.53 Å². The number of hydrogen-bond acceptors (Lipinski definition) is 4. The molecule has 6 heteroatoms. The van der Waals surface area contributed by atoms with Crippen LogP contribution in [0.2, 0.25) is 0 Å². The van der Waals surface area contributed by atoms with Gasteiger partial charge in [-0.2, -0.15) is 4.80 Å². The number of fused-ring (bicyclic) bond motifs is 1. The van der Waals surface area contributed by atoms with E-state index in [9.17, 15) is 4.79 Å². The molecule has 0 unspecified atom stereocenters. The zero-order valence-electron chi connectivity index (χ0n) is 17.5. The summed E-state index contributed by atoms with van der Waals surface area (Å²) in [5.41, 5.74) is 4.09. The first kappa shape index (κ1) is 19.6. The lowest BCUT2D eigenvalue weighted by Crippen LogP contribution is -2.42. The van der Waals surface area contributed by atoms with Gasteiger partial charge in [0.1, 0.15) is 16.8 Å². The van der Waals surface area contributed by atoms with E-state index in [1.54, 1.807) is 18.6 Å². The fourth-order valence-electron chi connectivity index (χ4n) is 3.10. The van der Waals surface area contributed by atoms with Crippen LogP contribution in [0.3, 0.4) is 0 Å². The van der Waals surface area contributed by atoms with Crippen LogP contribution in [-0.4, -0.2) is 26.5 Å². The molecule has 152 valence electrons. The minimum Gasteiger partial charge on any atom is -0.478 e. The summed E-state index contributed by atoms with van der Waals surface area (Å²) in [5.74, 6) is 0.408. The molecule has 0 aliphatic rings. The van der Waals surface area contributed by atoms with Crippen molar-refractivity contribution >= 4 is 22.6 Å². The third-order valence-electron chi connectivity index (χ3n) is 4.90. The van der Waals surface area contributed by atoms with E-state index in [-0.39, 0.29) is 5.91 Å². The minimum atomic E-state index is -1.04. The maximum atomic E-state index is 12.9. The Morgan fingerprint density at radius 2 is 1.57 bits per heavy atom. The van der Waals surface area contributed by atoms with Gasteiger partial charge in [0, 0.05) is 5.69 Å². The molecule has 0 aliphatic heterocycles. The average Bonchev–Trinajstić information content (AvgIpc) is 3.11. The van der Waals surface area contributed by atoms with Gasteiger partial charge in [-0.25, -0.2) is 0 Å². The molecule has 0 fully saturated rings. The van der Waals surface area contributed by atoms with Gasteiger partial charge in [-0.3, -0.25) is 4.79 Å². The fourth-order valence-corrected chi connectivity index (χ4v) is 3.10. The number of nitrogens with one attached hydrogen (secondary N) is 1. The van der Waals surface area contributed by atoms with Gasteiger partial charge in [0.2, 0.25) is 0 Å². The largest absolute Gasteiger partial charge is 0.478 e. The fraction of sp³-hybridized carbons (Fsp3) is 0.208. The summed E-state index contributed by atoms with van der Waals surface area (Å²) in [4.78, 5) is 14.5. The van der Waals surface area contributed by atoms with Gasteiger partial charge in [-0.15, -0.1) is 10.2 Å². The van der Waals surface area contributed by atoms with Crippen LogP contribution in [0.5, 0.6) is 5.75 Å². The van der Waals surface area contributed by atoms with Crippen LogP contribution in [0.25, 0.3) is 16.7 Å². The van der Waals surface area contributed by atoms with Gasteiger partial charge in [0.05, 0.1) is 5.69 Å². The monoisotopic (exact) mass is 400 g/mol. The summed E-state index contributed by atoms with van der Waals surface area (Å²) < 4.78 is 5.89. The summed E-state index contributed by atoms with van der Waals surface area (Å²) in [6.45, 7) is 7.47. The van der Waals surface area contributed by atoms with E-state index in [4.69, 9.17) is 4.74 Å². The highest BCUT2D eigenvalue weighted by Crippen LogP contribution is 2.25. The predicted molar refractivity (Wildman–Crippen MR) is 118 cm³/mol. The van der Waals surface area contributed by atoms with E-state index < -0.39 is 5.60 Å². The number of aromatic nitrogens is 3. The molecule has 4 rings (SSSR count). The minimum absolute atomic E-state index is 0.236. The molecule has 1 aromatic heterocycles. The molecule has 0 bridgehead atoms. The first-order chi connectivity index (χ1) is 14.3. The lowest BCUT2D eigenvalue weighted by molar-refractivity contribution is -0.128. The molecule has 0 saturated carbocycles. The van der Waals surface area contributed by atoms with E-state index in [1.807, 2.05) is 80.6 Å². The molecule has 1 amide bonds. The lowest BCUT2D eigenvalue weighted by Gasteiger charge is -2.25. The number of para-hydroxylation sites is 1. The Morgan fingerprint density at radius 3 is 2.23 bits per heavy atom. The van der Waals surface area contributed by atoms with Crippen molar-refractivity contribution in [3.05, 3.63) is 77.9 Å². The highest BCUT2D eigenvalue weighted by Gasteiger charge is 2.30. The van der Waals surface area contributed by atoms with Crippen molar-refractivity contribution in [1.82, 2.24) is 15.0 Å². The van der Waals surface area contributed by atoms with Gasteiger partial charge in [-0.1, -0.05) is 35.9 Å². The van der Waals surface area contributed by atoms with Crippen molar-refractivity contribution in [1.29, 1.82) is 0 Å². The Morgan fingerprint density at radius 1 is 0.933 bits per heavy atom. The molecule has 1 N–H and O–H groups in total. The smallest absolute Gasteiger partial charge is 0.267 e. The standard InChI is InChI=1S/C24H24N4O2/c1-16-10-12-18(13-11-16)28-26-21-14-17(2)20(15-22(21)27-28)25-23(29)24(3,4)30-19-8-6-5-7-9-19/h5-15H,1-4H3,(H,25,29). The third-order valence-corrected chi connectivity index (χ3v) is 4.90. The van der Waals surface area contributed by atoms with E-state index in [0.717, 1.165) is 16.8 Å². The Labute approximate surface area is 175 Å². The van der Waals surface area contributed by atoms with Crippen molar-refractivity contribution in [3.63, 3.8) is 0 Å². The first-order valence-electron chi connectivity index (χ1n) is 9.82. The summed E-state index contributed by atoms with van der Waals surface area (Å²) in [5, 5.41) is 12.1. The van der Waals surface area contributed by atoms with Gasteiger partial charge >= 0.3 is 0 Å². The first-order valence-corrected chi connectivity index (χ1v) is 9.82. The normalized spacial score (nSPS) is 11.5. The van der Waals surface area contributed by atoms with E-state index >= 15 is 0 Å². The quantitative estimate of drug-likeness (QED) is 0.521. The van der Waals surface area contributed by atoms with Crippen LogP contribution < -0.4 is 10.1 Å². The molecular weight excluding hydrogens is 376 g/mol. The maximum absolute atomic E-state index is 12.9. The van der Waals surface area contributed by atoms with Crippen molar-refractivity contribution in [3.8, 4) is 11.4 Å². The number of ether oxygens (including phenoxy) is 1. The predicted octanol–water partition coefficient (Wildman–Crippen LogP) is 4.83. The lowest BCUT2D eigenvalue weighted by atomic mass is 10.1. The zero-order chi connectivity index (χ0) is 21.3. The molecule has 0 spiro atoms. The second kappa shape index (κ2) is 7.63. The van der Waals surface area contributed by atoms with Crippen LogP contribution in [-0.2, 0) is 4.79 Å². The second-order valence-electron chi connectivity index (χ2n) is 7.86. The van der Waals surface area contributed by atoms with Crippen LogP contribution in [0, 0.1) is 13.8 Å². The summed E-state index contributed by atoms with van der Waals surface area (Å²) in [7, 11) is 0. The number of carbonyl (C=O) groups excluding carboxylic acids is 1. The molecule has 0 radical (unpaired) electrons. The van der Waals surface area contributed by atoms with Crippen LogP contribution in [0.15, 0.2) is 66.7 Å². The number of hydrogen-bond donors (Lipinski definition) is 1. The molecular formula is C24H24N4O2. The Balaban J connectivity index is 1.58. The number of amides is 1. The Kier molecular flexibility index (Phi) is 4.99. The Bertz CT molecular complexity index is 1200. The maximum Gasteiger partial charge on any atom is 0.267 e. The van der Waals surface area contributed by atoms with Gasteiger partial charge in [0.25, 0.3) is 5.91 Å².